The maximum Gasteiger partial charge on any atom is 0.00195 e. The van der Waals surface area contributed by atoms with Crippen LogP contribution in [-0.2, 0) is 0 Å². The van der Waals surface area contributed by atoms with Crippen molar-refractivity contribution in [3.05, 3.63) is 6.42 Å². The van der Waals surface area contributed by atoms with E-state index in [2.05, 4.69) is 19.0 Å². The van der Waals surface area contributed by atoms with Gasteiger partial charge in [-0.15, -0.1) is 0 Å². The van der Waals surface area contributed by atoms with Crippen LogP contribution in [0.3, 0.4) is 0 Å². The third-order valence-corrected chi connectivity index (χ3v) is 2.10. The summed E-state index contributed by atoms with van der Waals surface area (Å²) < 4.78 is 0. The van der Waals surface area contributed by atoms with E-state index in [0.717, 1.165) is 0 Å². The SMILES string of the molecule is SC1C[CH]CCCC1. The first-order chi connectivity index (χ1) is 3.89. The molecule has 1 aliphatic rings. The number of thiol groups is 1. The molecule has 1 fully saturated rings. The van der Waals surface area contributed by atoms with E-state index in [4.69, 9.17) is 0 Å². The Bertz CT molecular complexity index is 53.4. The van der Waals surface area contributed by atoms with Crippen LogP contribution in [0.2, 0.25) is 0 Å². The third kappa shape index (κ3) is 2.08. The van der Waals surface area contributed by atoms with Gasteiger partial charge in [-0.3, -0.25) is 0 Å². The van der Waals surface area contributed by atoms with Crippen molar-refractivity contribution in [2.75, 3.05) is 0 Å². The monoisotopic (exact) mass is 129 g/mol. The van der Waals surface area contributed by atoms with E-state index in [0.29, 0.717) is 5.25 Å². The van der Waals surface area contributed by atoms with Crippen LogP contribution in [0.5, 0.6) is 0 Å². The first-order valence-electron chi connectivity index (χ1n) is 3.39. The summed E-state index contributed by atoms with van der Waals surface area (Å²) in [7, 11) is 0. The van der Waals surface area contributed by atoms with Gasteiger partial charge in [-0.05, 0) is 19.3 Å². The quantitative estimate of drug-likeness (QED) is 0.377. The van der Waals surface area contributed by atoms with E-state index >= 15 is 0 Å². The molecule has 0 aliphatic heterocycles. The van der Waals surface area contributed by atoms with Gasteiger partial charge < -0.3 is 0 Å². The van der Waals surface area contributed by atoms with Crippen molar-refractivity contribution in [1.29, 1.82) is 0 Å². The van der Waals surface area contributed by atoms with Crippen LogP contribution in [0.1, 0.15) is 32.1 Å². The first-order valence-corrected chi connectivity index (χ1v) is 3.91. The van der Waals surface area contributed by atoms with Crippen molar-refractivity contribution in [3.63, 3.8) is 0 Å². The largest absolute Gasteiger partial charge is 0.176 e. The Morgan fingerprint density at radius 1 is 1.38 bits per heavy atom. The van der Waals surface area contributed by atoms with Crippen LogP contribution in [0.25, 0.3) is 0 Å². The van der Waals surface area contributed by atoms with E-state index in [-0.39, 0.29) is 0 Å². The minimum atomic E-state index is 0.664. The van der Waals surface area contributed by atoms with Gasteiger partial charge in [0, 0.05) is 5.25 Å². The molecule has 0 aromatic rings. The zero-order valence-corrected chi connectivity index (χ0v) is 6.03. The third-order valence-electron chi connectivity index (χ3n) is 1.63. The minimum Gasteiger partial charge on any atom is -0.176 e. The lowest BCUT2D eigenvalue weighted by Crippen LogP contribution is -1.93. The Morgan fingerprint density at radius 2 is 2.25 bits per heavy atom. The van der Waals surface area contributed by atoms with Crippen LogP contribution >= 0.6 is 12.6 Å². The highest BCUT2D eigenvalue weighted by Crippen LogP contribution is 2.19. The van der Waals surface area contributed by atoms with Gasteiger partial charge in [0.1, 0.15) is 0 Å². The predicted molar refractivity (Wildman–Crippen MR) is 40.2 cm³/mol. The van der Waals surface area contributed by atoms with E-state index in [1.165, 1.54) is 32.1 Å². The van der Waals surface area contributed by atoms with E-state index in [1.54, 1.807) is 0 Å². The molecule has 1 unspecified atom stereocenters. The topological polar surface area (TPSA) is 0 Å². The molecule has 0 nitrogen and oxygen atoms in total. The molecule has 0 N–H and O–H groups in total. The summed E-state index contributed by atoms with van der Waals surface area (Å²) in [5.41, 5.74) is 0. The zero-order chi connectivity index (χ0) is 5.82. The second-order valence-corrected chi connectivity index (χ2v) is 3.19. The molecule has 8 heavy (non-hydrogen) atoms. The standard InChI is InChI=1S/C7H13S/c8-7-5-3-1-2-4-6-7/h3,7-8H,1-2,4-6H2. The average Bonchev–Trinajstić information content (AvgIpc) is 1.94. The van der Waals surface area contributed by atoms with E-state index < -0.39 is 0 Å². The Kier molecular flexibility index (Phi) is 2.74. The molecule has 47 valence electrons. The van der Waals surface area contributed by atoms with Crippen LogP contribution in [0.15, 0.2) is 0 Å². The Balaban J connectivity index is 2.17. The van der Waals surface area contributed by atoms with Crippen molar-refractivity contribution < 1.29 is 0 Å². The fraction of sp³-hybridized carbons (Fsp3) is 0.857. The second-order valence-electron chi connectivity index (χ2n) is 2.46. The highest BCUT2D eigenvalue weighted by molar-refractivity contribution is 7.80. The molecule has 1 heteroatoms. The number of hydrogen-bond acceptors (Lipinski definition) is 1. The minimum absolute atomic E-state index is 0.664. The molecule has 1 rings (SSSR count). The molecule has 1 radical (unpaired) electrons. The molecule has 0 amide bonds. The molecule has 1 aliphatic carbocycles. The van der Waals surface area contributed by atoms with Gasteiger partial charge in [0.2, 0.25) is 0 Å². The summed E-state index contributed by atoms with van der Waals surface area (Å²) >= 11 is 4.40. The van der Waals surface area contributed by atoms with Crippen molar-refractivity contribution >= 4 is 12.6 Å². The van der Waals surface area contributed by atoms with Crippen LogP contribution in [-0.4, -0.2) is 5.25 Å². The zero-order valence-electron chi connectivity index (χ0n) is 5.14. The lowest BCUT2D eigenvalue weighted by molar-refractivity contribution is 0.715. The molecule has 0 bridgehead atoms. The fourth-order valence-corrected chi connectivity index (χ4v) is 1.43. The lowest BCUT2D eigenvalue weighted by Gasteiger charge is -2.01. The van der Waals surface area contributed by atoms with Gasteiger partial charge in [0.05, 0.1) is 0 Å². The summed E-state index contributed by atoms with van der Waals surface area (Å²) in [6.07, 6.45) is 8.99. The molecule has 0 aromatic heterocycles. The maximum absolute atomic E-state index is 4.40. The number of rotatable bonds is 0. The first kappa shape index (κ1) is 6.47. The summed E-state index contributed by atoms with van der Waals surface area (Å²) in [4.78, 5) is 0. The Hall–Kier alpha value is 0.350. The summed E-state index contributed by atoms with van der Waals surface area (Å²) in [5.74, 6) is 0. The van der Waals surface area contributed by atoms with Gasteiger partial charge >= 0.3 is 0 Å². The van der Waals surface area contributed by atoms with Crippen molar-refractivity contribution in [2.24, 2.45) is 0 Å². The van der Waals surface area contributed by atoms with Crippen LogP contribution < -0.4 is 0 Å². The highest BCUT2D eigenvalue weighted by Gasteiger charge is 2.06. The average molecular weight is 129 g/mol. The molecule has 0 saturated heterocycles. The van der Waals surface area contributed by atoms with Gasteiger partial charge in [-0.2, -0.15) is 12.6 Å². The van der Waals surface area contributed by atoms with Gasteiger partial charge in [-0.25, -0.2) is 0 Å². The van der Waals surface area contributed by atoms with Crippen molar-refractivity contribution in [1.82, 2.24) is 0 Å². The predicted octanol–water partition coefficient (Wildman–Crippen LogP) is 2.45. The molecule has 0 spiro atoms. The second kappa shape index (κ2) is 3.39. The van der Waals surface area contributed by atoms with Crippen molar-refractivity contribution in [3.8, 4) is 0 Å². The number of hydrogen-bond donors (Lipinski definition) is 1. The Morgan fingerprint density at radius 3 is 3.12 bits per heavy atom. The maximum atomic E-state index is 4.40. The molecule has 1 atom stereocenters. The molecule has 1 saturated carbocycles. The fourth-order valence-electron chi connectivity index (χ4n) is 1.10. The highest BCUT2D eigenvalue weighted by atomic mass is 32.1. The summed E-state index contributed by atoms with van der Waals surface area (Å²) in [6, 6.07) is 0. The van der Waals surface area contributed by atoms with E-state index in [9.17, 15) is 0 Å². The molecular formula is C7H13S. The molecular weight excluding hydrogens is 116 g/mol. The normalized spacial score (nSPS) is 25.1. The van der Waals surface area contributed by atoms with Gasteiger partial charge in [0.15, 0.2) is 0 Å². The smallest absolute Gasteiger partial charge is 0.00195 e. The van der Waals surface area contributed by atoms with Crippen molar-refractivity contribution in [2.45, 2.75) is 37.4 Å². The summed E-state index contributed by atoms with van der Waals surface area (Å²) in [5, 5.41) is 0.664. The molecule has 0 heterocycles. The van der Waals surface area contributed by atoms with Crippen LogP contribution in [0, 0.1) is 6.42 Å². The lowest BCUT2D eigenvalue weighted by atomic mass is 10.2. The van der Waals surface area contributed by atoms with E-state index in [1.807, 2.05) is 0 Å². The molecule has 0 aromatic carbocycles. The summed E-state index contributed by atoms with van der Waals surface area (Å²) in [6.45, 7) is 0. The van der Waals surface area contributed by atoms with Crippen LogP contribution in [0.4, 0.5) is 0 Å². The van der Waals surface area contributed by atoms with Gasteiger partial charge in [-0.1, -0.05) is 19.3 Å². The Labute approximate surface area is 57.1 Å². The van der Waals surface area contributed by atoms with Gasteiger partial charge in [0.25, 0.3) is 0 Å².